The van der Waals surface area contributed by atoms with Gasteiger partial charge in [0.15, 0.2) is 0 Å². The highest BCUT2D eigenvalue weighted by Gasteiger charge is 2.24. The molecule has 1 aromatic heterocycles. The van der Waals surface area contributed by atoms with E-state index in [1.54, 1.807) is 6.33 Å². The van der Waals surface area contributed by atoms with E-state index in [9.17, 15) is 9.00 Å². The fourth-order valence-electron chi connectivity index (χ4n) is 6.77. The molecular weight excluding hydrogens is 673 g/mol. The van der Waals surface area contributed by atoms with Crippen LogP contribution in [0.3, 0.4) is 0 Å². The molecule has 52 heavy (non-hydrogen) atoms. The van der Waals surface area contributed by atoms with E-state index < -0.39 is 10.8 Å². The Kier molecular flexibility index (Phi) is 13.3. The van der Waals surface area contributed by atoms with Gasteiger partial charge in [-0.2, -0.15) is 0 Å². The van der Waals surface area contributed by atoms with Crippen molar-refractivity contribution in [2.75, 3.05) is 56.3 Å². The molecule has 9 nitrogen and oxygen atoms in total. The van der Waals surface area contributed by atoms with Crippen LogP contribution in [0, 0.1) is 12.8 Å². The van der Waals surface area contributed by atoms with Crippen molar-refractivity contribution in [1.29, 1.82) is 0 Å². The van der Waals surface area contributed by atoms with Gasteiger partial charge in [-0.05, 0) is 111 Å². The number of hydrogen-bond acceptors (Lipinski definition) is 7. The zero-order valence-electron chi connectivity index (χ0n) is 30.8. The van der Waals surface area contributed by atoms with Crippen molar-refractivity contribution in [3.8, 4) is 16.9 Å². The van der Waals surface area contributed by atoms with E-state index in [2.05, 4.69) is 65.5 Å². The molecule has 1 N–H and O–H groups in total. The lowest BCUT2D eigenvalue weighted by Gasteiger charge is -2.31. The standard InChI is InChI=1S/C42H52N4O5S/c1-4-6-21-49-23-24-51-38-14-9-33(10-15-38)34-11-18-40-36(25-34)26-35(8-7-20-46(40)27-32-19-22-50-28-32)42(47)44-37-12-16-39(17-13-37)52(48)29-41-31(3)43-30-45(41)5-2/h9-18,25-26,30,32H,4-8,19-24,27-29H2,1-3H3,(H,44,47)/b35-26+. The van der Waals surface area contributed by atoms with Crippen LogP contribution in [0.4, 0.5) is 11.4 Å². The Hall–Kier alpha value is -4.25. The second-order valence-electron chi connectivity index (χ2n) is 13.6. The second-order valence-corrected chi connectivity index (χ2v) is 15.0. The van der Waals surface area contributed by atoms with Crippen molar-refractivity contribution in [3.63, 3.8) is 0 Å². The van der Waals surface area contributed by atoms with Crippen LogP contribution in [0.1, 0.15) is 62.9 Å². The van der Waals surface area contributed by atoms with Gasteiger partial charge in [0.1, 0.15) is 12.4 Å². The molecule has 4 aromatic rings. The van der Waals surface area contributed by atoms with Gasteiger partial charge >= 0.3 is 0 Å². The molecule has 0 saturated carbocycles. The molecule has 10 heteroatoms. The van der Waals surface area contributed by atoms with Crippen LogP contribution in [-0.2, 0) is 37.4 Å². The van der Waals surface area contributed by atoms with Crippen molar-refractivity contribution in [2.45, 2.75) is 70.1 Å². The number of fused-ring (bicyclic) bond motifs is 1. The predicted octanol–water partition coefficient (Wildman–Crippen LogP) is 8.04. The maximum atomic E-state index is 13.8. The summed E-state index contributed by atoms with van der Waals surface area (Å²) in [6.45, 7) is 12.2. The molecule has 3 heterocycles. The third-order valence-corrected chi connectivity index (χ3v) is 11.2. The number of anilines is 2. The maximum Gasteiger partial charge on any atom is 0.251 e. The molecule has 2 aliphatic heterocycles. The third-order valence-electron chi connectivity index (χ3n) is 9.83. The van der Waals surface area contributed by atoms with E-state index in [1.807, 2.05) is 47.9 Å². The van der Waals surface area contributed by atoms with Crippen LogP contribution >= 0.6 is 0 Å². The SMILES string of the molecule is CCCCOCCOc1ccc(-c2ccc3c(c2)/C=C(/C(=O)Nc2ccc(S(=O)Cc4c(C)ncn4CC)cc2)CCCN3CC2CCOC2)cc1. The first-order valence-electron chi connectivity index (χ1n) is 18.7. The maximum absolute atomic E-state index is 13.8. The normalized spacial score (nSPS) is 17.5. The summed E-state index contributed by atoms with van der Waals surface area (Å²) < 4.78 is 32.5. The number of ether oxygens (including phenoxy) is 3. The largest absolute Gasteiger partial charge is 0.491 e. The molecule has 276 valence electrons. The fourth-order valence-corrected chi connectivity index (χ4v) is 8.00. The molecule has 1 saturated heterocycles. The topological polar surface area (TPSA) is 94.9 Å². The molecule has 0 spiro atoms. The summed E-state index contributed by atoms with van der Waals surface area (Å²) in [6.07, 6.45) is 8.64. The van der Waals surface area contributed by atoms with Gasteiger partial charge in [-0.3, -0.25) is 9.00 Å². The highest BCUT2D eigenvalue weighted by Crippen LogP contribution is 2.34. The van der Waals surface area contributed by atoms with Gasteiger partial charge in [0.05, 0.1) is 47.5 Å². The van der Waals surface area contributed by atoms with Crippen LogP contribution in [0.2, 0.25) is 0 Å². The van der Waals surface area contributed by atoms with Gasteiger partial charge in [0, 0.05) is 60.6 Å². The van der Waals surface area contributed by atoms with E-state index >= 15 is 0 Å². The van der Waals surface area contributed by atoms with Crippen molar-refractivity contribution >= 4 is 34.2 Å². The summed E-state index contributed by atoms with van der Waals surface area (Å²) >= 11 is 0. The molecule has 2 aliphatic rings. The number of imidazole rings is 1. The minimum Gasteiger partial charge on any atom is -0.491 e. The number of rotatable bonds is 16. The number of nitrogens with one attached hydrogen (secondary N) is 1. The molecule has 0 aliphatic carbocycles. The number of aromatic nitrogens is 2. The highest BCUT2D eigenvalue weighted by atomic mass is 32.2. The Morgan fingerprint density at radius 1 is 1.02 bits per heavy atom. The van der Waals surface area contributed by atoms with Gasteiger partial charge in [0.25, 0.3) is 5.91 Å². The summed E-state index contributed by atoms with van der Waals surface area (Å²) in [5, 5.41) is 3.11. The summed E-state index contributed by atoms with van der Waals surface area (Å²) in [5.41, 5.74) is 7.62. The number of carbonyl (C=O) groups is 1. The van der Waals surface area contributed by atoms with E-state index in [0.717, 1.165) is 115 Å². The average Bonchev–Trinajstić information content (AvgIpc) is 3.80. The third kappa shape index (κ3) is 9.79. The summed E-state index contributed by atoms with van der Waals surface area (Å²) in [4.78, 5) is 21.4. The molecular formula is C42H52N4O5S. The Morgan fingerprint density at radius 3 is 2.58 bits per heavy atom. The molecule has 0 radical (unpaired) electrons. The Labute approximate surface area is 310 Å². The molecule has 6 rings (SSSR count). The van der Waals surface area contributed by atoms with E-state index in [0.29, 0.717) is 37.0 Å². The lowest BCUT2D eigenvalue weighted by atomic mass is 9.95. The number of amides is 1. The number of carbonyl (C=O) groups excluding carboxylic acids is 1. The molecule has 2 unspecified atom stereocenters. The Bertz CT molecular complexity index is 1830. The van der Waals surface area contributed by atoms with Crippen LogP contribution in [0.25, 0.3) is 17.2 Å². The highest BCUT2D eigenvalue weighted by molar-refractivity contribution is 7.84. The van der Waals surface area contributed by atoms with Gasteiger partial charge in [-0.15, -0.1) is 0 Å². The molecule has 1 amide bonds. The van der Waals surface area contributed by atoms with Gasteiger partial charge in [-0.1, -0.05) is 31.5 Å². The van der Waals surface area contributed by atoms with E-state index in [1.165, 1.54) is 0 Å². The first-order valence-corrected chi connectivity index (χ1v) is 20.0. The zero-order valence-corrected chi connectivity index (χ0v) is 31.6. The lowest BCUT2D eigenvalue weighted by Crippen LogP contribution is -2.32. The van der Waals surface area contributed by atoms with Crippen LogP contribution in [0.15, 0.2) is 83.5 Å². The van der Waals surface area contributed by atoms with Crippen LogP contribution in [-0.4, -0.2) is 65.8 Å². The van der Waals surface area contributed by atoms with Crippen molar-refractivity contribution in [3.05, 3.63) is 95.6 Å². The minimum absolute atomic E-state index is 0.120. The Balaban J connectivity index is 1.18. The first-order chi connectivity index (χ1) is 25.4. The smallest absolute Gasteiger partial charge is 0.251 e. The number of benzene rings is 3. The van der Waals surface area contributed by atoms with Crippen LogP contribution in [0.5, 0.6) is 5.75 Å². The van der Waals surface area contributed by atoms with E-state index in [-0.39, 0.29) is 5.91 Å². The first kappa shape index (κ1) is 37.5. The predicted molar refractivity (Wildman–Crippen MR) is 209 cm³/mol. The van der Waals surface area contributed by atoms with Crippen molar-refractivity contribution in [1.82, 2.24) is 9.55 Å². The van der Waals surface area contributed by atoms with Gasteiger partial charge in [-0.25, -0.2) is 4.98 Å². The zero-order chi connectivity index (χ0) is 36.3. The van der Waals surface area contributed by atoms with Crippen molar-refractivity contribution < 1.29 is 23.2 Å². The fraction of sp³-hybridized carbons (Fsp3) is 0.429. The molecule has 2 atom stereocenters. The quantitative estimate of drug-likeness (QED) is 0.117. The number of hydrogen-bond donors (Lipinski definition) is 1. The summed E-state index contributed by atoms with van der Waals surface area (Å²) in [7, 11) is -1.23. The van der Waals surface area contributed by atoms with E-state index in [4.69, 9.17) is 14.2 Å². The van der Waals surface area contributed by atoms with Crippen LogP contribution < -0.4 is 15.0 Å². The molecule has 0 bridgehead atoms. The minimum atomic E-state index is -1.23. The number of unbranched alkanes of at least 4 members (excludes halogenated alkanes) is 1. The van der Waals surface area contributed by atoms with Gasteiger partial charge < -0.3 is 29.0 Å². The molecule has 3 aromatic carbocycles. The average molecular weight is 725 g/mol. The Morgan fingerprint density at radius 2 is 1.83 bits per heavy atom. The lowest BCUT2D eigenvalue weighted by molar-refractivity contribution is -0.112. The second kappa shape index (κ2) is 18.5. The number of nitrogens with zero attached hydrogens (tertiary/aromatic N) is 3. The summed E-state index contributed by atoms with van der Waals surface area (Å²) in [6, 6.07) is 22.1. The monoisotopic (exact) mass is 724 g/mol. The molecule has 1 fully saturated rings. The van der Waals surface area contributed by atoms with Gasteiger partial charge in [0.2, 0.25) is 0 Å². The van der Waals surface area contributed by atoms with Crippen molar-refractivity contribution in [2.24, 2.45) is 5.92 Å². The number of aryl methyl sites for hydroxylation is 2. The summed E-state index contributed by atoms with van der Waals surface area (Å²) in [5.74, 6) is 1.59.